The molecular formula is C29H37N3O5S. The van der Waals surface area contributed by atoms with E-state index in [0.717, 1.165) is 26.9 Å². The third-order valence-corrected chi connectivity index (χ3v) is 7.42. The lowest BCUT2D eigenvalue weighted by Gasteiger charge is -2.33. The standard InChI is InChI=1S/C29H37N3O5S/c1-6-26(29(34)30-18-21(2)3)31(19-22-14-16-24(37-4)17-15-22)28(33)20-32(38(5,35)36)27-13-9-11-23-10-7-8-12-25(23)27/h7-17,21,26H,6,18-20H2,1-5H3,(H,30,34)/t26-/m0/s1. The number of methoxy groups -OCH3 is 1. The monoisotopic (exact) mass is 539 g/mol. The summed E-state index contributed by atoms with van der Waals surface area (Å²) in [5.74, 6) is 0.187. The lowest BCUT2D eigenvalue weighted by Crippen LogP contribution is -2.52. The van der Waals surface area contributed by atoms with Gasteiger partial charge in [-0.15, -0.1) is 0 Å². The van der Waals surface area contributed by atoms with Gasteiger partial charge in [0.15, 0.2) is 0 Å². The van der Waals surface area contributed by atoms with E-state index < -0.39 is 28.5 Å². The Bertz CT molecular complexity index is 1350. The van der Waals surface area contributed by atoms with Crippen molar-refractivity contribution in [2.24, 2.45) is 5.92 Å². The summed E-state index contributed by atoms with van der Waals surface area (Å²) in [5.41, 5.74) is 1.21. The molecule has 3 aromatic rings. The van der Waals surface area contributed by atoms with E-state index in [0.29, 0.717) is 24.4 Å². The predicted molar refractivity (Wildman–Crippen MR) is 152 cm³/mol. The second kappa shape index (κ2) is 12.8. The maximum Gasteiger partial charge on any atom is 0.244 e. The summed E-state index contributed by atoms with van der Waals surface area (Å²) in [5, 5.41) is 4.51. The fourth-order valence-electron chi connectivity index (χ4n) is 4.29. The van der Waals surface area contributed by atoms with E-state index in [1.165, 1.54) is 4.90 Å². The van der Waals surface area contributed by atoms with Gasteiger partial charge < -0.3 is 15.0 Å². The van der Waals surface area contributed by atoms with Gasteiger partial charge in [0.1, 0.15) is 18.3 Å². The number of carbonyl (C=O) groups is 2. The largest absolute Gasteiger partial charge is 0.497 e. The number of carbonyl (C=O) groups excluding carboxylic acids is 2. The first kappa shape index (κ1) is 29.0. The van der Waals surface area contributed by atoms with Crippen molar-refractivity contribution in [3.63, 3.8) is 0 Å². The number of nitrogens with zero attached hydrogens (tertiary/aromatic N) is 2. The molecule has 0 aromatic heterocycles. The summed E-state index contributed by atoms with van der Waals surface area (Å²) >= 11 is 0. The average molecular weight is 540 g/mol. The number of benzene rings is 3. The lowest BCUT2D eigenvalue weighted by atomic mass is 10.1. The number of anilines is 1. The van der Waals surface area contributed by atoms with Crippen molar-refractivity contribution in [3.8, 4) is 5.75 Å². The molecule has 2 amide bonds. The zero-order valence-corrected chi connectivity index (χ0v) is 23.5. The van der Waals surface area contributed by atoms with Crippen LogP contribution in [-0.4, -0.2) is 57.6 Å². The van der Waals surface area contributed by atoms with Gasteiger partial charge in [-0.1, -0.05) is 69.3 Å². The second-order valence-electron chi connectivity index (χ2n) is 9.70. The first-order chi connectivity index (χ1) is 18.0. The highest BCUT2D eigenvalue weighted by atomic mass is 32.2. The minimum Gasteiger partial charge on any atom is -0.497 e. The molecule has 0 spiro atoms. The summed E-state index contributed by atoms with van der Waals surface area (Å²) in [7, 11) is -2.25. The summed E-state index contributed by atoms with van der Waals surface area (Å²) in [4.78, 5) is 28.6. The molecule has 8 nitrogen and oxygen atoms in total. The third kappa shape index (κ3) is 7.25. The van der Waals surface area contributed by atoms with Crippen LogP contribution in [0.2, 0.25) is 0 Å². The fraction of sp³-hybridized carbons (Fsp3) is 0.379. The molecule has 0 aliphatic heterocycles. The van der Waals surface area contributed by atoms with Gasteiger partial charge in [-0.3, -0.25) is 13.9 Å². The number of sulfonamides is 1. The van der Waals surface area contributed by atoms with Gasteiger partial charge in [0.2, 0.25) is 21.8 Å². The van der Waals surface area contributed by atoms with Crippen LogP contribution in [0.4, 0.5) is 5.69 Å². The molecule has 0 fully saturated rings. The molecule has 3 aromatic carbocycles. The third-order valence-electron chi connectivity index (χ3n) is 6.30. The van der Waals surface area contributed by atoms with E-state index in [2.05, 4.69) is 5.32 Å². The number of amides is 2. The molecule has 0 aliphatic rings. The molecule has 0 heterocycles. The number of rotatable bonds is 12. The highest BCUT2D eigenvalue weighted by molar-refractivity contribution is 7.92. The molecule has 0 aliphatic carbocycles. The molecule has 0 saturated heterocycles. The Balaban J connectivity index is 2.00. The maximum absolute atomic E-state index is 13.9. The van der Waals surface area contributed by atoms with Gasteiger partial charge in [-0.05, 0) is 41.5 Å². The fourth-order valence-corrected chi connectivity index (χ4v) is 5.15. The van der Waals surface area contributed by atoms with Crippen molar-refractivity contribution in [1.82, 2.24) is 10.2 Å². The van der Waals surface area contributed by atoms with Crippen molar-refractivity contribution in [2.75, 3.05) is 30.8 Å². The van der Waals surface area contributed by atoms with E-state index in [1.807, 2.05) is 63.2 Å². The van der Waals surface area contributed by atoms with Crippen LogP contribution in [0.3, 0.4) is 0 Å². The second-order valence-corrected chi connectivity index (χ2v) is 11.6. The van der Waals surface area contributed by atoms with Crippen molar-refractivity contribution in [2.45, 2.75) is 39.8 Å². The normalized spacial score (nSPS) is 12.3. The summed E-state index contributed by atoms with van der Waals surface area (Å²) in [6.07, 6.45) is 1.46. The SMILES string of the molecule is CC[C@@H](C(=O)NCC(C)C)N(Cc1ccc(OC)cc1)C(=O)CN(c1cccc2ccccc12)S(C)(=O)=O. The van der Waals surface area contributed by atoms with Crippen LogP contribution in [0.5, 0.6) is 5.75 Å². The van der Waals surface area contributed by atoms with Crippen LogP contribution in [0.25, 0.3) is 10.8 Å². The van der Waals surface area contributed by atoms with Gasteiger partial charge in [-0.2, -0.15) is 0 Å². The van der Waals surface area contributed by atoms with Crippen LogP contribution in [0.15, 0.2) is 66.7 Å². The average Bonchev–Trinajstić information content (AvgIpc) is 2.89. The summed E-state index contributed by atoms with van der Waals surface area (Å²) < 4.78 is 32.3. The first-order valence-corrected chi connectivity index (χ1v) is 14.6. The molecule has 0 bridgehead atoms. The first-order valence-electron chi connectivity index (χ1n) is 12.7. The Morgan fingerprint density at radius 3 is 2.24 bits per heavy atom. The minimum atomic E-state index is -3.83. The van der Waals surface area contributed by atoms with Crippen LogP contribution >= 0.6 is 0 Å². The minimum absolute atomic E-state index is 0.142. The lowest BCUT2D eigenvalue weighted by molar-refractivity contribution is -0.140. The van der Waals surface area contributed by atoms with Crippen LogP contribution in [0.1, 0.15) is 32.8 Å². The Labute approximate surface area is 225 Å². The Morgan fingerprint density at radius 2 is 1.63 bits per heavy atom. The van der Waals surface area contributed by atoms with Crippen LogP contribution in [0, 0.1) is 5.92 Å². The summed E-state index contributed by atoms with van der Waals surface area (Å²) in [6.45, 7) is 6.02. The van der Waals surface area contributed by atoms with Crippen LogP contribution in [-0.2, 0) is 26.2 Å². The van der Waals surface area contributed by atoms with Crippen molar-refractivity contribution in [1.29, 1.82) is 0 Å². The molecule has 1 atom stereocenters. The van der Waals surface area contributed by atoms with E-state index >= 15 is 0 Å². The van der Waals surface area contributed by atoms with E-state index in [-0.39, 0.29) is 18.4 Å². The molecule has 1 N–H and O–H groups in total. The summed E-state index contributed by atoms with van der Waals surface area (Å²) in [6, 6.07) is 19.2. The molecule has 38 heavy (non-hydrogen) atoms. The quantitative estimate of drug-likeness (QED) is 0.372. The number of fused-ring (bicyclic) bond motifs is 1. The molecule has 204 valence electrons. The topological polar surface area (TPSA) is 96.0 Å². The smallest absolute Gasteiger partial charge is 0.244 e. The molecule has 0 saturated carbocycles. The van der Waals surface area contributed by atoms with Crippen molar-refractivity contribution < 1.29 is 22.7 Å². The number of ether oxygens (including phenoxy) is 1. The van der Waals surface area contributed by atoms with Gasteiger partial charge >= 0.3 is 0 Å². The van der Waals surface area contributed by atoms with Gasteiger partial charge in [-0.25, -0.2) is 8.42 Å². The molecular weight excluding hydrogens is 502 g/mol. The molecule has 0 unspecified atom stereocenters. The Hall–Kier alpha value is -3.59. The number of hydrogen-bond donors (Lipinski definition) is 1. The molecule has 9 heteroatoms. The Morgan fingerprint density at radius 1 is 0.974 bits per heavy atom. The predicted octanol–water partition coefficient (Wildman–Crippen LogP) is 4.19. The molecule has 3 rings (SSSR count). The van der Waals surface area contributed by atoms with Crippen molar-refractivity contribution >= 4 is 38.3 Å². The highest BCUT2D eigenvalue weighted by Gasteiger charge is 2.32. The van der Waals surface area contributed by atoms with Gasteiger partial charge in [0.25, 0.3) is 0 Å². The maximum atomic E-state index is 13.9. The van der Waals surface area contributed by atoms with Gasteiger partial charge in [0.05, 0.1) is 19.1 Å². The zero-order valence-electron chi connectivity index (χ0n) is 22.7. The van der Waals surface area contributed by atoms with E-state index in [4.69, 9.17) is 4.74 Å². The van der Waals surface area contributed by atoms with Crippen LogP contribution < -0.4 is 14.4 Å². The number of hydrogen-bond acceptors (Lipinski definition) is 5. The Kier molecular flexibility index (Phi) is 9.74. The van der Waals surface area contributed by atoms with Crippen molar-refractivity contribution in [3.05, 3.63) is 72.3 Å². The number of nitrogens with one attached hydrogen (secondary N) is 1. The highest BCUT2D eigenvalue weighted by Crippen LogP contribution is 2.29. The zero-order chi connectivity index (χ0) is 27.9. The van der Waals surface area contributed by atoms with Gasteiger partial charge in [0, 0.05) is 18.5 Å². The van der Waals surface area contributed by atoms with E-state index in [1.54, 1.807) is 31.4 Å². The molecule has 0 radical (unpaired) electrons. The van der Waals surface area contributed by atoms with E-state index in [9.17, 15) is 18.0 Å².